The first-order valence-electron chi connectivity index (χ1n) is 5.18. The first kappa shape index (κ1) is 13.9. The number of benzene rings is 1. The second-order valence-corrected chi connectivity index (χ2v) is 6.47. The van der Waals surface area contributed by atoms with Crippen LogP contribution in [-0.2, 0) is 16.4 Å². The van der Waals surface area contributed by atoms with E-state index in [9.17, 15) is 12.8 Å². The van der Waals surface area contributed by atoms with Crippen molar-refractivity contribution in [1.29, 1.82) is 0 Å². The summed E-state index contributed by atoms with van der Waals surface area (Å²) in [4.78, 5) is 1.80. The number of anilines is 1. The summed E-state index contributed by atoms with van der Waals surface area (Å²) in [5, 5.41) is 0. The summed E-state index contributed by atoms with van der Waals surface area (Å²) in [6.45, 7) is 0.827. The lowest BCUT2D eigenvalue weighted by Gasteiger charge is -2.17. The number of rotatable bonds is 5. The molecule has 1 rings (SSSR count). The maximum absolute atomic E-state index is 13.0. The molecule has 0 bridgehead atoms. The minimum Gasteiger partial charge on any atom is -0.398 e. The van der Waals surface area contributed by atoms with E-state index in [2.05, 4.69) is 0 Å². The summed E-state index contributed by atoms with van der Waals surface area (Å²) >= 11 is 0. The molecule has 0 spiro atoms. The highest BCUT2D eigenvalue weighted by Crippen LogP contribution is 2.14. The zero-order valence-electron chi connectivity index (χ0n) is 9.98. The van der Waals surface area contributed by atoms with Gasteiger partial charge >= 0.3 is 0 Å². The minimum atomic E-state index is -2.98. The third-order valence-corrected chi connectivity index (χ3v) is 3.31. The van der Waals surface area contributed by atoms with Gasteiger partial charge in [-0.15, -0.1) is 0 Å². The highest BCUT2D eigenvalue weighted by atomic mass is 32.2. The highest BCUT2D eigenvalue weighted by Gasteiger charge is 2.08. The van der Waals surface area contributed by atoms with Crippen molar-refractivity contribution in [3.63, 3.8) is 0 Å². The predicted molar refractivity (Wildman–Crippen MR) is 66.9 cm³/mol. The molecule has 4 nitrogen and oxygen atoms in total. The molecule has 1 aromatic carbocycles. The monoisotopic (exact) mass is 260 g/mol. The fourth-order valence-corrected chi connectivity index (χ4v) is 2.05. The van der Waals surface area contributed by atoms with Gasteiger partial charge in [0.25, 0.3) is 0 Å². The van der Waals surface area contributed by atoms with E-state index < -0.39 is 9.84 Å². The highest BCUT2D eigenvalue weighted by molar-refractivity contribution is 7.90. The number of nitrogens with zero attached hydrogens (tertiary/aromatic N) is 1. The molecule has 96 valence electrons. The number of hydrogen-bond donors (Lipinski definition) is 1. The van der Waals surface area contributed by atoms with Gasteiger partial charge in [-0.25, -0.2) is 12.8 Å². The Labute approximate surface area is 101 Å². The molecule has 0 amide bonds. The number of halogens is 1. The van der Waals surface area contributed by atoms with Crippen LogP contribution in [0.1, 0.15) is 5.56 Å². The van der Waals surface area contributed by atoms with E-state index in [4.69, 9.17) is 5.73 Å². The van der Waals surface area contributed by atoms with Crippen molar-refractivity contribution in [2.75, 3.05) is 31.3 Å². The first-order chi connectivity index (χ1) is 7.78. The quantitative estimate of drug-likeness (QED) is 0.798. The zero-order chi connectivity index (χ0) is 13.1. The molecule has 0 aliphatic heterocycles. The molecule has 0 aromatic heterocycles. The average molecular weight is 260 g/mol. The van der Waals surface area contributed by atoms with Gasteiger partial charge in [0.2, 0.25) is 0 Å². The molecule has 1 aromatic rings. The summed E-state index contributed by atoms with van der Waals surface area (Å²) in [6, 6.07) is 4.18. The van der Waals surface area contributed by atoms with Gasteiger partial charge in [0, 0.05) is 25.0 Å². The number of hydrogen-bond acceptors (Lipinski definition) is 4. The van der Waals surface area contributed by atoms with E-state index in [-0.39, 0.29) is 11.6 Å². The van der Waals surface area contributed by atoms with Gasteiger partial charge in [-0.2, -0.15) is 0 Å². The van der Waals surface area contributed by atoms with Gasteiger partial charge in [-0.1, -0.05) is 0 Å². The van der Waals surface area contributed by atoms with Crippen LogP contribution in [0.15, 0.2) is 18.2 Å². The summed E-state index contributed by atoms with van der Waals surface area (Å²) in [7, 11) is -1.20. The minimum absolute atomic E-state index is 0.0821. The first-order valence-corrected chi connectivity index (χ1v) is 7.24. The molecule has 0 saturated carbocycles. The van der Waals surface area contributed by atoms with Crippen molar-refractivity contribution in [3.8, 4) is 0 Å². The van der Waals surface area contributed by atoms with Crippen molar-refractivity contribution in [3.05, 3.63) is 29.6 Å². The normalized spacial score (nSPS) is 12.0. The second kappa shape index (κ2) is 5.46. The molecule has 0 aliphatic carbocycles. The van der Waals surface area contributed by atoms with Crippen LogP contribution in [0.25, 0.3) is 0 Å². The second-order valence-electron chi connectivity index (χ2n) is 4.21. The van der Waals surface area contributed by atoms with E-state index in [0.717, 1.165) is 0 Å². The average Bonchev–Trinajstić information content (AvgIpc) is 2.20. The standard InChI is InChI=1S/C11H17FN2O2S/c1-14(5-6-17(2,15)16)8-9-7-10(12)3-4-11(9)13/h3-4,7H,5-6,8,13H2,1-2H3. The van der Waals surface area contributed by atoms with Crippen LogP contribution in [0, 0.1) is 5.82 Å². The molecule has 6 heteroatoms. The van der Waals surface area contributed by atoms with Crippen LogP contribution in [0.5, 0.6) is 0 Å². The molecular weight excluding hydrogens is 243 g/mol. The molecule has 2 N–H and O–H groups in total. The molecule has 0 radical (unpaired) electrons. The number of nitrogen functional groups attached to an aromatic ring is 1. The Balaban J connectivity index is 2.62. The van der Waals surface area contributed by atoms with E-state index in [1.807, 2.05) is 0 Å². The van der Waals surface area contributed by atoms with Crippen molar-refractivity contribution >= 4 is 15.5 Å². The molecule has 0 saturated heterocycles. The lowest BCUT2D eigenvalue weighted by molar-refractivity contribution is 0.346. The van der Waals surface area contributed by atoms with E-state index >= 15 is 0 Å². The molecule has 0 atom stereocenters. The zero-order valence-corrected chi connectivity index (χ0v) is 10.8. The fourth-order valence-electron chi connectivity index (χ4n) is 1.40. The van der Waals surface area contributed by atoms with Crippen LogP contribution in [0.3, 0.4) is 0 Å². The molecule has 0 aliphatic rings. The van der Waals surface area contributed by atoms with Crippen LogP contribution < -0.4 is 5.73 Å². The van der Waals surface area contributed by atoms with Crippen LogP contribution in [0.4, 0.5) is 10.1 Å². The van der Waals surface area contributed by atoms with Gasteiger partial charge < -0.3 is 10.6 Å². The largest absolute Gasteiger partial charge is 0.398 e. The Hall–Kier alpha value is -1.14. The van der Waals surface area contributed by atoms with E-state index in [0.29, 0.717) is 24.3 Å². The Morgan fingerprint density at radius 3 is 2.65 bits per heavy atom. The SMILES string of the molecule is CN(CCS(C)(=O)=O)Cc1cc(F)ccc1N. The molecule has 0 fully saturated rings. The van der Waals surface area contributed by atoms with Gasteiger partial charge in [0.1, 0.15) is 15.7 Å². The van der Waals surface area contributed by atoms with E-state index in [1.54, 1.807) is 11.9 Å². The number of sulfone groups is 1. The maximum Gasteiger partial charge on any atom is 0.148 e. The summed E-state index contributed by atoms with van der Waals surface area (Å²) in [5.41, 5.74) is 6.89. The summed E-state index contributed by atoms with van der Waals surface area (Å²) in [6.07, 6.45) is 1.19. The molecular formula is C11H17FN2O2S. The molecule has 17 heavy (non-hydrogen) atoms. The predicted octanol–water partition coefficient (Wildman–Crippen LogP) is 0.884. The Bertz CT molecular complexity index is 488. The third kappa shape index (κ3) is 5.14. The van der Waals surface area contributed by atoms with Crippen molar-refractivity contribution < 1.29 is 12.8 Å². The lowest BCUT2D eigenvalue weighted by Crippen LogP contribution is -2.25. The fraction of sp³-hybridized carbons (Fsp3) is 0.455. The summed E-state index contributed by atoms with van der Waals surface area (Å²) in [5.74, 6) is -0.260. The smallest absolute Gasteiger partial charge is 0.148 e. The van der Waals surface area contributed by atoms with Gasteiger partial charge in [-0.3, -0.25) is 0 Å². The van der Waals surface area contributed by atoms with Gasteiger partial charge in [0.05, 0.1) is 5.75 Å². The Kier molecular flexibility index (Phi) is 4.47. The Morgan fingerprint density at radius 1 is 1.41 bits per heavy atom. The van der Waals surface area contributed by atoms with Crippen molar-refractivity contribution in [2.45, 2.75) is 6.54 Å². The van der Waals surface area contributed by atoms with Gasteiger partial charge in [-0.05, 0) is 30.8 Å². The molecule has 0 heterocycles. The maximum atomic E-state index is 13.0. The third-order valence-electron chi connectivity index (χ3n) is 2.39. The lowest BCUT2D eigenvalue weighted by atomic mass is 10.1. The number of nitrogens with two attached hydrogens (primary N) is 1. The van der Waals surface area contributed by atoms with Crippen molar-refractivity contribution in [2.24, 2.45) is 0 Å². The molecule has 0 unspecified atom stereocenters. The van der Waals surface area contributed by atoms with Gasteiger partial charge in [0.15, 0.2) is 0 Å². The van der Waals surface area contributed by atoms with Crippen LogP contribution >= 0.6 is 0 Å². The van der Waals surface area contributed by atoms with Crippen LogP contribution in [0.2, 0.25) is 0 Å². The van der Waals surface area contributed by atoms with Crippen LogP contribution in [-0.4, -0.2) is 38.9 Å². The Morgan fingerprint density at radius 2 is 2.06 bits per heavy atom. The van der Waals surface area contributed by atoms with E-state index in [1.165, 1.54) is 24.5 Å². The van der Waals surface area contributed by atoms with Crippen molar-refractivity contribution in [1.82, 2.24) is 4.90 Å². The topological polar surface area (TPSA) is 63.4 Å². The summed E-state index contributed by atoms with van der Waals surface area (Å²) < 4.78 is 35.0.